The lowest BCUT2D eigenvalue weighted by molar-refractivity contribution is -0.139. The fourth-order valence-corrected chi connectivity index (χ4v) is 2.85. The SMILES string of the molecule is CC(Cc1cccc(C(F)(F)F)c1)NCCO.CCC(C(=O)O)c1ccccc1. The van der Waals surface area contributed by atoms with Crippen LogP contribution in [0.25, 0.3) is 0 Å². The zero-order valence-electron chi connectivity index (χ0n) is 16.6. The van der Waals surface area contributed by atoms with E-state index in [1.165, 1.54) is 6.07 Å². The van der Waals surface area contributed by atoms with Crippen LogP contribution in [0.15, 0.2) is 54.6 Å². The van der Waals surface area contributed by atoms with Gasteiger partial charge in [-0.05, 0) is 37.0 Å². The molecule has 2 atom stereocenters. The third-order valence-electron chi connectivity index (χ3n) is 4.31. The molecule has 0 spiro atoms. The van der Waals surface area contributed by atoms with Crippen LogP contribution < -0.4 is 5.32 Å². The van der Waals surface area contributed by atoms with E-state index >= 15 is 0 Å². The maximum absolute atomic E-state index is 12.5. The van der Waals surface area contributed by atoms with Crippen LogP contribution in [0.3, 0.4) is 0 Å². The van der Waals surface area contributed by atoms with E-state index in [-0.39, 0.29) is 18.6 Å². The molecule has 2 aromatic rings. The van der Waals surface area contributed by atoms with Gasteiger partial charge in [0.2, 0.25) is 0 Å². The molecule has 0 fully saturated rings. The number of aliphatic carboxylic acids is 1. The number of halogens is 3. The van der Waals surface area contributed by atoms with Crippen LogP contribution in [0.1, 0.15) is 42.9 Å². The third kappa shape index (κ3) is 9.11. The Labute approximate surface area is 169 Å². The van der Waals surface area contributed by atoms with Gasteiger partial charge < -0.3 is 15.5 Å². The van der Waals surface area contributed by atoms with E-state index in [0.717, 1.165) is 17.7 Å². The van der Waals surface area contributed by atoms with Gasteiger partial charge >= 0.3 is 12.1 Å². The quantitative estimate of drug-likeness (QED) is 0.599. The van der Waals surface area contributed by atoms with Crippen LogP contribution in [0, 0.1) is 0 Å². The Balaban J connectivity index is 0.000000308. The van der Waals surface area contributed by atoms with Crippen LogP contribution in [-0.2, 0) is 17.4 Å². The van der Waals surface area contributed by atoms with E-state index in [1.807, 2.05) is 44.2 Å². The van der Waals surface area contributed by atoms with Crippen molar-refractivity contribution in [2.45, 2.75) is 44.8 Å². The van der Waals surface area contributed by atoms with Gasteiger partial charge in [-0.25, -0.2) is 0 Å². The number of hydrogen-bond donors (Lipinski definition) is 3. The average molecular weight is 411 g/mol. The third-order valence-corrected chi connectivity index (χ3v) is 4.31. The number of rotatable bonds is 8. The molecule has 3 N–H and O–H groups in total. The predicted molar refractivity (Wildman–Crippen MR) is 107 cm³/mol. The largest absolute Gasteiger partial charge is 0.481 e. The standard InChI is InChI=1S/C12H16F3NO.C10H12O2/c1-9(16-5-6-17)7-10-3-2-4-11(8-10)12(13,14)15;1-2-9(10(11)12)8-6-4-3-5-7-8/h2-4,8-9,16-17H,5-7H2,1H3;3-7,9H,2H2,1H3,(H,11,12). The summed E-state index contributed by atoms with van der Waals surface area (Å²) in [6, 6.07) is 14.7. The van der Waals surface area contributed by atoms with Crippen LogP contribution in [0.4, 0.5) is 13.2 Å². The molecular weight excluding hydrogens is 383 g/mol. The van der Waals surface area contributed by atoms with Crippen molar-refractivity contribution in [3.8, 4) is 0 Å². The van der Waals surface area contributed by atoms with Gasteiger partial charge in [0.05, 0.1) is 18.1 Å². The Morgan fingerprint density at radius 1 is 1.10 bits per heavy atom. The lowest BCUT2D eigenvalue weighted by Gasteiger charge is -2.14. The second-order valence-corrected chi connectivity index (χ2v) is 6.69. The first-order valence-corrected chi connectivity index (χ1v) is 9.47. The highest BCUT2D eigenvalue weighted by molar-refractivity contribution is 5.75. The molecule has 29 heavy (non-hydrogen) atoms. The summed E-state index contributed by atoms with van der Waals surface area (Å²) in [4.78, 5) is 10.7. The van der Waals surface area contributed by atoms with Crippen LogP contribution in [0.5, 0.6) is 0 Å². The van der Waals surface area contributed by atoms with Crippen molar-refractivity contribution in [1.82, 2.24) is 5.32 Å². The van der Waals surface area contributed by atoms with Gasteiger partial charge in [-0.15, -0.1) is 0 Å². The molecule has 0 bridgehead atoms. The van der Waals surface area contributed by atoms with Crippen LogP contribution >= 0.6 is 0 Å². The molecule has 0 saturated carbocycles. The highest BCUT2D eigenvalue weighted by atomic mass is 19.4. The second kappa shape index (κ2) is 12.2. The van der Waals surface area contributed by atoms with Crippen molar-refractivity contribution >= 4 is 5.97 Å². The minimum Gasteiger partial charge on any atom is -0.481 e. The smallest absolute Gasteiger partial charge is 0.416 e. The summed E-state index contributed by atoms with van der Waals surface area (Å²) in [6.45, 7) is 4.22. The fraction of sp³-hybridized carbons (Fsp3) is 0.409. The second-order valence-electron chi connectivity index (χ2n) is 6.69. The summed E-state index contributed by atoms with van der Waals surface area (Å²) in [7, 11) is 0. The van der Waals surface area contributed by atoms with Crippen molar-refractivity contribution in [1.29, 1.82) is 0 Å². The zero-order chi connectivity index (χ0) is 21.9. The molecule has 0 aliphatic heterocycles. The van der Waals surface area contributed by atoms with E-state index in [4.69, 9.17) is 10.2 Å². The van der Waals surface area contributed by atoms with Crippen LogP contribution in [-0.4, -0.2) is 35.4 Å². The number of benzene rings is 2. The van der Waals surface area contributed by atoms with E-state index in [2.05, 4.69) is 5.32 Å². The number of aliphatic hydroxyl groups excluding tert-OH is 1. The van der Waals surface area contributed by atoms with Gasteiger partial charge in [-0.3, -0.25) is 4.79 Å². The van der Waals surface area contributed by atoms with Gasteiger partial charge in [0, 0.05) is 12.6 Å². The minimum atomic E-state index is -4.29. The van der Waals surface area contributed by atoms with Gasteiger partial charge in [-0.1, -0.05) is 55.5 Å². The van der Waals surface area contributed by atoms with Crippen molar-refractivity contribution in [3.63, 3.8) is 0 Å². The van der Waals surface area contributed by atoms with Gasteiger partial charge in [0.1, 0.15) is 0 Å². The molecule has 2 aromatic carbocycles. The normalized spacial score (nSPS) is 13.2. The number of hydrogen-bond acceptors (Lipinski definition) is 3. The molecule has 7 heteroatoms. The Kier molecular flexibility index (Phi) is 10.4. The first-order chi connectivity index (χ1) is 13.7. The van der Waals surface area contributed by atoms with Crippen molar-refractivity contribution in [2.75, 3.05) is 13.2 Å². The molecule has 4 nitrogen and oxygen atoms in total. The van der Waals surface area contributed by atoms with E-state index < -0.39 is 17.7 Å². The lowest BCUT2D eigenvalue weighted by atomic mass is 9.97. The van der Waals surface area contributed by atoms with Crippen molar-refractivity contribution in [2.24, 2.45) is 0 Å². The molecule has 2 rings (SSSR count). The molecule has 0 aromatic heterocycles. The van der Waals surface area contributed by atoms with E-state index in [0.29, 0.717) is 24.9 Å². The molecule has 0 radical (unpaired) electrons. The molecule has 0 aliphatic rings. The summed E-state index contributed by atoms with van der Waals surface area (Å²) in [5.41, 5.74) is 0.898. The highest BCUT2D eigenvalue weighted by Crippen LogP contribution is 2.29. The Bertz CT molecular complexity index is 736. The van der Waals surface area contributed by atoms with Crippen LogP contribution in [0.2, 0.25) is 0 Å². The first-order valence-electron chi connectivity index (χ1n) is 9.47. The number of carbonyl (C=O) groups is 1. The molecule has 160 valence electrons. The number of aliphatic hydroxyl groups is 1. The first kappa shape index (κ1) is 24.7. The Morgan fingerprint density at radius 3 is 2.28 bits per heavy atom. The maximum Gasteiger partial charge on any atom is 0.416 e. The highest BCUT2D eigenvalue weighted by Gasteiger charge is 2.30. The maximum atomic E-state index is 12.5. The van der Waals surface area contributed by atoms with Gasteiger partial charge in [0.25, 0.3) is 0 Å². The topological polar surface area (TPSA) is 69.6 Å². The Morgan fingerprint density at radius 2 is 1.76 bits per heavy atom. The number of carboxylic acids is 1. The van der Waals surface area contributed by atoms with Gasteiger partial charge in [-0.2, -0.15) is 13.2 Å². The summed E-state index contributed by atoms with van der Waals surface area (Å²) in [5.74, 6) is -1.10. The molecule has 0 amide bonds. The monoisotopic (exact) mass is 411 g/mol. The number of nitrogens with one attached hydrogen (secondary N) is 1. The number of alkyl halides is 3. The molecule has 2 unspecified atom stereocenters. The Hall–Kier alpha value is -2.38. The zero-order valence-corrected chi connectivity index (χ0v) is 16.6. The average Bonchev–Trinajstić information content (AvgIpc) is 2.67. The molecular formula is C22H28F3NO3. The molecule has 0 heterocycles. The lowest BCUT2D eigenvalue weighted by Crippen LogP contribution is -2.30. The predicted octanol–water partition coefficient (Wildman–Crippen LogP) is 4.48. The minimum absolute atomic E-state index is 0.0208. The van der Waals surface area contributed by atoms with Crippen molar-refractivity contribution in [3.05, 3.63) is 71.3 Å². The summed E-state index contributed by atoms with van der Waals surface area (Å²) >= 11 is 0. The summed E-state index contributed by atoms with van der Waals surface area (Å²) < 4.78 is 37.4. The van der Waals surface area contributed by atoms with Crippen molar-refractivity contribution < 1.29 is 28.2 Å². The molecule has 0 aliphatic carbocycles. The summed E-state index contributed by atoms with van der Waals surface area (Å²) in [6.07, 6.45) is -3.15. The number of carboxylic acid groups (broad SMARTS) is 1. The van der Waals surface area contributed by atoms with E-state index in [9.17, 15) is 18.0 Å². The van der Waals surface area contributed by atoms with E-state index in [1.54, 1.807) is 6.07 Å². The molecule has 0 saturated heterocycles. The fourth-order valence-electron chi connectivity index (χ4n) is 2.85. The van der Waals surface area contributed by atoms with Gasteiger partial charge in [0.15, 0.2) is 0 Å². The summed E-state index contributed by atoms with van der Waals surface area (Å²) in [5, 5.41) is 20.5.